The maximum atomic E-state index is 13.2. The summed E-state index contributed by atoms with van der Waals surface area (Å²) in [4.78, 5) is 58.2. The molecule has 40 heavy (non-hydrogen) atoms. The van der Waals surface area contributed by atoms with Gasteiger partial charge in [-0.3, -0.25) is 24.4 Å². The van der Waals surface area contributed by atoms with Crippen LogP contribution in [0.5, 0.6) is 5.75 Å². The number of benzene rings is 1. The molecule has 0 aliphatic rings. The van der Waals surface area contributed by atoms with Gasteiger partial charge in [-0.2, -0.15) is 0 Å². The second kappa shape index (κ2) is 17.1. The number of aromatic hydroxyl groups is 1. The van der Waals surface area contributed by atoms with Crippen molar-refractivity contribution in [2.45, 2.75) is 63.2 Å². The third-order valence-electron chi connectivity index (χ3n) is 5.56. The molecule has 0 spiro atoms. The number of carboxylic acids is 1. The number of phenols is 1. The Morgan fingerprint density at radius 3 is 1.60 bits per heavy atom. The average molecular weight is 565 g/mol. The topological polar surface area (TPSA) is 300 Å². The minimum absolute atomic E-state index is 0.00665. The zero-order chi connectivity index (χ0) is 30.2. The molecule has 16 heteroatoms. The summed E-state index contributed by atoms with van der Waals surface area (Å²) in [5.41, 5.74) is 27.5. The number of carbonyl (C=O) groups excluding carboxylic acids is 3. The lowest BCUT2D eigenvalue weighted by molar-refractivity contribution is -0.142. The van der Waals surface area contributed by atoms with Gasteiger partial charge in [0.05, 0.1) is 6.04 Å². The number of hydrogen-bond acceptors (Lipinski definition) is 8. The minimum atomic E-state index is -1.33. The highest BCUT2D eigenvalue weighted by atomic mass is 16.4. The summed E-state index contributed by atoms with van der Waals surface area (Å²) < 4.78 is 0. The fourth-order valence-corrected chi connectivity index (χ4v) is 3.46. The zero-order valence-electron chi connectivity index (χ0n) is 22.4. The second-order valence-electron chi connectivity index (χ2n) is 9.08. The van der Waals surface area contributed by atoms with Gasteiger partial charge < -0.3 is 54.8 Å². The molecule has 0 fully saturated rings. The van der Waals surface area contributed by atoms with Crippen LogP contribution in [0.2, 0.25) is 0 Å². The van der Waals surface area contributed by atoms with Crippen molar-refractivity contribution in [2.75, 3.05) is 13.1 Å². The Hall–Kier alpha value is -4.60. The first-order valence-corrected chi connectivity index (χ1v) is 12.6. The molecule has 222 valence electrons. The van der Waals surface area contributed by atoms with Crippen molar-refractivity contribution in [1.82, 2.24) is 16.0 Å². The molecule has 3 amide bonds. The van der Waals surface area contributed by atoms with Gasteiger partial charge in [0.2, 0.25) is 17.7 Å². The monoisotopic (exact) mass is 564 g/mol. The molecule has 0 heterocycles. The molecule has 16 nitrogen and oxygen atoms in total. The lowest BCUT2D eigenvalue weighted by Gasteiger charge is -2.25. The standard InChI is InChI=1S/C24H40N10O6/c1-13(25)19(36)32-16(4-2-10-30-23(26)27)20(37)33-17(5-3-11-31-24(28)29)21(38)34-18(22(39)40)12-14-6-8-15(35)9-7-14/h6-9,13,16-18,35H,2-5,10-12,25H2,1H3,(H,32,36)(H,33,37)(H,34,38)(H,39,40)(H4,26,27,30)(H4,28,29,31). The fraction of sp³-hybridized carbons (Fsp3) is 0.500. The summed E-state index contributed by atoms with van der Waals surface area (Å²) in [5.74, 6) is -3.60. The van der Waals surface area contributed by atoms with Crippen LogP contribution in [0, 0.1) is 0 Å². The SMILES string of the molecule is CC(N)C(=O)NC(CCCN=C(N)N)C(=O)NC(CCCN=C(N)N)C(=O)NC(Cc1ccc(O)cc1)C(=O)O. The number of carboxylic acid groups (broad SMARTS) is 1. The lowest BCUT2D eigenvalue weighted by atomic mass is 10.0. The van der Waals surface area contributed by atoms with Crippen LogP contribution in [-0.2, 0) is 25.6 Å². The van der Waals surface area contributed by atoms with Crippen LogP contribution in [0.1, 0.15) is 38.2 Å². The number of nitrogens with two attached hydrogens (primary N) is 5. The number of aliphatic carboxylic acids is 1. The summed E-state index contributed by atoms with van der Waals surface area (Å²) in [6, 6.07) is 1.35. The number of aliphatic imine (C=N–C) groups is 2. The summed E-state index contributed by atoms with van der Waals surface area (Å²) >= 11 is 0. The quantitative estimate of drug-likeness (QED) is 0.0514. The number of carbonyl (C=O) groups is 4. The summed E-state index contributed by atoms with van der Waals surface area (Å²) in [7, 11) is 0. The van der Waals surface area contributed by atoms with Crippen LogP contribution >= 0.6 is 0 Å². The van der Waals surface area contributed by atoms with E-state index in [9.17, 15) is 29.4 Å². The van der Waals surface area contributed by atoms with Gasteiger partial charge in [-0.25, -0.2) is 4.79 Å². The van der Waals surface area contributed by atoms with Crippen LogP contribution in [0.25, 0.3) is 0 Å². The largest absolute Gasteiger partial charge is 0.508 e. The van der Waals surface area contributed by atoms with E-state index < -0.39 is 47.9 Å². The number of nitrogens with zero attached hydrogens (tertiary/aromatic N) is 2. The molecular weight excluding hydrogens is 524 g/mol. The first-order valence-electron chi connectivity index (χ1n) is 12.6. The molecule has 4 atom stereocenters. The molecule has 15 N–H and O–H groups in total. The van der Waals surface area contributed by atoms with Gasteiger partial charge in [-0.05, 0) is 50.3 Å². The van der Waals surface area contributed by atoms with E-state index >= 15 is 0 Å². The molecule has 0 bridgehead atoms. The van der Waals surface area contributed by atoms with E-state index in [0.29, 0.717) is 12.0 Å². The number of rotatable bonds is 17. The lowest BCUT2D eigenvalue weighted by Crippen LogP contribution is -2.57. The fourth-order valence-electron chi connectivity index (χ4n) is 3.46. The van der Waals surface area contributed by atoms with E-state index in [4.69, 9.17) is 28.7 Å². The van der Waals surface area contributed by atoms with Crippen LogP contribution < -0.4 is 44.6 Å². The van der Waals surface area contributed by atoms with Gasteiger partial charge in [0.1, 0.15) is 23.9 Å². The van der Waals surface area contributed by atoms with E-state index in [1.807, 2.05) is 0 Å². The summed E-state index contributed by atoms with van der Waals surface area (Å²) in [6.45, 7) is 1.80. The predicted molar refractivity (Wildman–Crippen MR) is 149 cm³/mol. The van der Waals surface area contributed by atoms with E-state index in [1.165, 1.54) is 31.2 Å². The van der Waals surface area contributed by atoms with Crippen LogP contribution in [-0.4, -0.2) is 83.1 Å². The molecule has 4 unspecified atom stereocenters. The van der Waals surface area contributed by atoms with Gasteiger partial charge in [0, 0.05) is 19.5 Å². The number of phenolic OH excluding ortho intramolecular Hbond substituents is 1. The molecule has 0 aliphatic carbocycles. The maximum absolute atomic E-state index is 13.2. The van der Waals surface area contributed by atoms with Crippen molar-refractivity contribution in [1.29, 1.82) is 0 Å². The Labute approximate surface area is 231 Å². The molecule has 0 saturated heterocycles. The van der Waals surface area contributed by atoms with Gasteiger partial charge in [0.25, 0.3) is 0 Å². The summed E-state index contributed by atoms with van der Waals surface area (Å²) in [5, 5.41) is 26.7. The molecule has 0 saturated carbocycles. The molecule has 1 aromatic carbocycles. The Morgan fingerprint density at radius 2 is 1.20 bits per heavy atom. The van der Waals surface area contributed by atoms with Crippen LogP contribution in [0.15, 0.2) is 34.3 Å². The number of amides is 3. The van der Waals surface area contributed by atoms with Crippen LogP contribution in [0.3, 0.4) is 0 Å². The van der Waals surface area contributed by atoms with Crippen molar-refractivity contribution in [3.63, 3.8) is 0 Å². The third kappa shape index (κ3) is 13.3. The molecule has 1 rings (SSSR count). The Kier molecular flexibility index (Phi) is 14.3. The highest BCUT2D eigenvalue weighted by Crippen LogP contribution is 2.12. The van der Waals surface area contributed by atoms with Gasteiger partial charge in [0.15, 0.2) is 11.9 Å². The molecule has 1 aromatic rings. The minimum Gasteiger partial charge on any atom is -0.508 e. The molecular formula is C24H40N10O6. The average Bonchev–Trinajstić information content (AvgIpc) is 2.87. The normalized spacial score (nSPS) is 13.6. The van der Waals surface area contributed by atoms with E-state index in [-0.39, 0.29) is 56.4 Å². The smallest absolute Gasteiger partial charge is 0.326 e. The van der Waals surface area contributed by atoms with Crippen molar-refractivity contribution in [2.24, 2.45) is 38.7 Å². The van der Waals surface area contributed by atoms with Gasteiger partial charge in [-0.15, -0.1) is 0 Å². The van der Waals surface area contributed by atoms with Gasteiger partial charge in [-0.1, -0.05) is 12.1 Å². The number of guanidine groups is 2. The molecule has 0 aliphatic heterocycles. The third-order valence-corrected chi connectivity index (χ3v) is 5.56. The Bertz CT molecular complexity index is 1050. The second-order valence-corrected chi connectivity index (χ2v) is 9.08. The number of hydrogen-bond donors (Lipinski definition) is 10. The highest BCUT2D eigenvalue weighted by molar-refractivity contribution is 5.94. The van der Waals surface area contributed by atoms with E-state index in [1.54, 1.807) is 0 Å². The van der Waals surface area contributed by atoms with E-state index in [2.05, 4.69) is 25.9 Å². The highest BCUT2D eigenvalue weighted by Gasteiger charge is 2.29. The first-order chi connectivity index (χ1) is 18.8. The molecule has 0 aromatic heterocycles. The van der Waals surface area contributed by atoms with Gasteiger partial charge >= 0.3 is 5.97 Å². The first kappa shape index (κ1) is 33.4. The Balaban J connectivity index is 3.08. The zero-order valence-corrected chi connectivity index (χ0v) is 22.4. The molecule has 0 radical (unpaired) electrons. The van der Waals surface area contributed by atoms with E-state index in [0.717, 1.165) is 0 Å². The predicted octanol–water partition coefficient (Wildman–Crippen LogP) is -3.07. The van der Waals surface area contributed by atoms with Crippen molar-refractivity contribution < 1.29 is 29.4 Å². The van der Waals surface area contributed by atoms with Crippen molar-refractivity contribution >= 4 is 35.6 Å². The van der Waals surface area contributed by atoms with Crippen molar-refractivity contribution in [3.8, 4) is 5.75 Å². The maximum Gasteiger partial charge on any atom is 0.326 e. The Morgan fingerprint density at radius 1 is 0.775 bits per heavy atom. The van der Waals surface area contributed by atoms with Crippen LogP contribution in [0.4, 0.5) is 0 Å². The summed E-state index contributed by atoms with van der Waals surface area (Å²) in [6.07, 6.45) is 0.704. The number of nitrogens with one attached hydrogen (secondary N) is 3. The van der Waals surface area contributed by atoms with Crippen molar-refractivity contribution in [3.05, 3.63) is 29.8 Å².